The Balaban J connectivity index is 1.92. The fourth-order valence-electron chi connectivity index (χ4n) is 3.09. The normalized spacial score (nSPS) is 19.3. The van der Waals surface area contributed by atoms with Crippen molar-refractivity contribution in [3.8, 4) is 5.75 Å². The van der Waals surface area contributed by atoms with Crippen molar-refractivity contribution in [2.45, 2.75) is 13.0 Å². The van der Waals surface area contributed by atoms with Crippen molar-refractivity contribution in [2.24, 2.45) is 5.92 Å². The Morgan fingerprint density at radius 1 is 1.19 bits per heavy atom. The lowest BCUT2D eigenvalue weighted by atomic mass is 9.87. The van der Waals surface area contributed by atoms with Gasteiger partial charge in [-0.05, 0) is 24.6 Å². The van der Waals surface area contributed by atoms with Gasteiger partial charge in [-0.3, -0.25) is 4.79 Å². The van der Waals surface area contributed by atoms with E-state index < -0.39 is 12.0 Å². The number of hydrogen-bond acceptors (Lipinski definition) is 3. The highest BCUT2D eigenvalue weighted by atomic mass is 16.5. The van der Waals surface area contributed by atoms with Gasteiger partial charge in [-0.25, -0.2) is 4.79 Å². The third-order valence-corrected chi connectivity index (χ3v) is 4.32. The summed E-state index contributed by atoms with van der Waals surface area (Å²) in [5.74, 6) is -0.385. The number of hydrogen-bond donors (Lipinski definition) is 3. The molecule has 1 fully saturated rings. The molecule has 134 valence electrons. The Hall–Kier alpha value is -3.28. The molecule has 6 nitrogen and oxygen atoms in total. The molecular formula is C20H21N3O3. The minimum absolute atomic E-state index is 0.279. The van der Waals surface area contributed by atoms with Crippen LogP contribution in [0.15, 0.2) is 60.8 Å². The Bertz CT molecular complexity index is 863. The number of methoxy groups -OCH3 is 1. The molecule has 26 heavy (non-hydrogen) atoms. The van der Waals surface area contributed by atoms with Crippen molar-refractivity contribution in [3.05, 3.63) is 71.9 Å². The van der Waals surface area contributed by atoms with E-state index in [0.29, 0.717) is 17.1 Å². The van der Waals surface area contributed by atoms with E-state index >= 15 is 0 Å². The van der Waals surface area contributed by atoms with Gasteiger partial charge < -0.3 is 20.7 Å². The van der Waals surface area contributed by atoms with E-state index in [2.05, 4.69) is 22.5 Å². The monoisotopic (exact) mass is 351 g/mol. The average molecular weight is 351 g/mol. The molecule has 0 bridgehead atoms. The van der Waals surface area contributed by atoms with Gasteiger partial charge in [-0.2, -0.15) is 0 Å². The molecule has 0 unspecified atom stereocenters. The molecule has 2 aromatic rings. The number of para-hydroxylation sites is 2. The molecule has 1 aliphatic rings. The van der Waals surface area contributed by atoms with Crippen LogP contribution in [0.25, 0.3) is 0 Å². The van der Waals surface area contributed by atoms with Crippen molar-refractivity contribution < 1.29 is 14.3 Å². The van der Waals surface area contributed by atoms with E-state index in [-0.39, 0.29) is 11.9 Å². The first-order valence-electron chi connectivity index (χ1n) is 8.26. The van der Waals surface area contributed by atoms with Gasteiger partial charge in [0.1, 0.15) is 11.7 Å². The predicted octanol–water partition coefficient (Wildman–Crippen LogP) is 3.13. The van der Waals surface area contributed by atoms with Crippen molar-refractivity contribution in [1.29, 1.82) is 0 Å². The van der Waals surface area contributed by atoms with Crippen LogP contribution in [0.2, 0.25) is 0 Å². The first-order valence-corrected chi connectivity index (χ1v) is 8.26. The molecule has 0 radical (unpaired) electrons. The molecule has 0 spiro atoms. The average Bonchev–Trinajstić information content (AvgIpc) is 2.61. The predicted molar refractivity (Wildman–Crippen MR) is 99.8 cm³/mol. The molecule has 1 saturated heterocycles. The molecule has 6 heteroatoms. The van der Waals surface area contributed by atoms with Crippen LogP contribution in [0, 0.1) is 12.8 Å². The van der Waals surface area contributed by atoms with E-state index in [1.165, 1.54) is 0 Å². The van der Waals surface area contributed by atoms with Gasteiger partial charge in [-0.15, -0.1) is 0 Å². The van der Waals surface area contributed by atoms with Gasteiger partial charge in [0.15, 0.2) is 0 Å². The lowest BCUT2D eigenvalue weighted by molar-refractivity contribution is -0.119. The number of carbonyl (C=O) groups excluding carboxylic acids is 2. The Kier molecular flexibility index (Phi) is 4.93. The van der Waals surface area contributed by atoms with Crippen LogP contribution in [0.1, 0.15) is 17.2 Å². The van der Waals surface area contributed by atoms with Gasteiger partial charge >= 0.3 is 6.03 Å². The molecule has 2 atom stereocenters. The van der Waals surface area contributed by atoms with Crippen LogP contribution in [0.3, 0.4) is 0 Å². The zero-order valence-electron chi connectivity index (χ0n) is 14.7. The first-order chi connectivity index (χ1) is 12.5. The largest absolute Gasteiger partial charge is 0.495 e. The summed E-state index contributed by atoms with van der Waals surface area (Å²) < 4.78 is 5.28. The smallest absolute Gasteiger partial charge is 0.319 e. The van der Waals surface area contributed by atoms with Gasteiger partial charge in [-0.1, -0.05) is 48.5 Å². The molecule has 0 aliphatic carbocycles. The maximum absolute atomic E-state index is 13.0. The Labute approximate surface area is 152 Å². The minimum atomic E-state index is -0.667. The fraction of sp³-hybridized carbons (Fsp3) is 0.200. The van der Waals surface area contributed by atoms with Crippen LogP contribution in [-0.4, -0.2) is 19.0 Å². The maximum Gasteiger partial charge on any atom is 0.319 e. The van der Waals surface area contributed by atoms with Gasteiger partial charge in [0.2, 0.25) is 5.91 Å². The minimum Gasteiger partial charge on any atom is -0.495 e. The Morgan fingerprint density at radius 3 is 2.69 bits per heavy atom. The summed E-state index contributed by atoms with van der Waals surface area (Å²) in [7, 11) is 1.54. The van der Waals surface area contributed by atoms with E-state index in [0.717, 1.165) is 11.1 Å². The van der Waals surface area contributed by atoms with Crippen molar-refractivity contribution >= 4 is 17.6 Å². The summed E-state index contributed by atoms with van der Waals surface area (Å²) in [4.78, 5) is 24.9. The first kappa shape index (κ1) is 17.5. The third kappa shape index (κ3) is 3.54. The highest BCUT2D eigenvalue weighted by Crippen LogP contribution is 2.32. The van der Waals surface area contributed by atoms with Crippen LogP contribution in [-0.2, 0) is 4.79 Å². The number of nitrogens with one attached hydrogen (secondary N) is 3. The fourth-order valence-corrected chi connectivity index (χ4v) is 3.09. The third-order valence-electron chi connectivity index (χ3n) is 4.32. The van der Waals surface area contributed by atoms with E-state index in [4.69, 9.17) is 4.74 Å². The molecule has 0 saturated carbocycles. The van der Waals surface area contributed by atoms with Crippen LogP contribution < -0.4 is 20.7 Å². The quantitative estimate of drug-likeness (QED) is 0.792. The van der Waals surface area contributed by atoms with E-state index in [1.807, 2.05) is 43.3 Å². The van der Waals surface area contributed by atoms with Gasteiger partial charge in [0, 0.05) is 5.70 Å². The number of anilines is 1. The number of aryl methyl sites for hydroxylation is 1. The summed E-state index contributed by atoms with van der Waals surface area (Å²) in [6, 6.07) is 14.0. The molecule has 1 aliphatic heterocycles. The summed E-state index contributed by atoms with van der Waals surface area (Å²) in [6.45, 7) is 5.85. The topological polar surface area (TPSA) is 79.5 Å². The zero-order valence-corrected chi connectivity index (χ0v) is 14.7. The molecular weight excluding hydrogens is 330 g/mol. The Morgan fingerprint density at radius 2 is 1.96 bits per heavy atom. The molecule has 2 aromatic carbocycles. The van der Waals surface area contributed by atoms with Crippen LogP contribution >= 0.6 is 0 Å². The second-order valence-electron chi connectivity index (χ2n) is 6.18. The SMILES string of the molecule is C=C1NC(=O)N[C@@H](c2cccc(C)c2)[C@@H]1C(=O)Nc1ccccc1OC. The van der Waals surface area contributed by atoms with E-state index in [9.17, 15) is 9.59 Å². The number of rotatable bonds is 4. The second kappa shape index (κ2) is 7.31. The maximum atomic E-state index is 13.0. The molecule has 1 heterocycles. The van der Waals surface area contributed by atoms with Gasteiger partial charge in [0.25, 0.3) is 0 Å². The summed E-state index contributed by atoms with van der Waals surface area (Å²) >= 11 is 0. The van der Waals surface area contributed by atoms with Crippen molar-refractivity contribution in [3.63, 3.8) is 0 Å². The van der Waals surface area contributed by atoms with E-state index in [1.54, 1.807) is 19.2 Å². The number of benzene rings is 2. The second-order valence-corrected chi connectivity index (χ2v) is 6.18. The van der Waals surface area contributed by atoms with Crippen LogP contribution in [0.4, 0.5) is 10.5 Å². The standard InChI is InChI=1S/C20H21N3O3/c1-12-7-6-8-14(11-12)18-17(13(2)21-20(25)23-18)19(24)22-15-9-4-5-10-16(15)26-3/h4-11,17-18H,2H2,1,3H3,(H,22,24)(H2,21,23,25)/t17-,18+/m1/s1. The number of urea groups is 1. The zero-order chi connectivity index (χ0) is 18.7. The highest BCUT2D eigenvalue weighted by Gasteiger charge is 2.38. The van der Waals surface area contributed by atoms with Crippen molar-refractivity contribution in [1.82, 2.24) is 10.6 Å². The number of carbonyl (C=O) groups is 2. The van der Waals surface area contributed by atoms with Gasteiger partial charge in [0.05, 0.1) is 18.8 Å². The number of ether oxygens (including phenoxy) is 1. The highest BCUT2D eigenvalue weighted by molar-refractivity contribution is 5.98. The molecule has 0 aromatic heterocycles. The lowest BCUT2D eigenvalue weighted by Gasteiger charge is -2.34. The summed E-state index contributed by atoms with van der Waals surface area (Å²) in [6.07, 6.45) is 0. The van der Waals surface area contributed by atoms with Crippen LogP contribution in [0.5, 0.6) is 5.75 Å². The van der Waals surface area contributed by atoms with Crippen molar-refractivity contribution in [2.75, 3.05) is 12.4 Å². The summed E-state index contributed by atoms with van der Waals surface area (Å²) in [5, 5.41) is 8.31. The molecule has 3 N–H and O–H groups in total. The molecule has 3 rings (SSSR count). The lowest BCUT2D eigenvalue weighted by Crippen LogP contribution is -2.51. The molecule has 3 amide bonds. The number of amides is 3. The summed E-state index contributed by atoms with van der Waals surface area (Å²) in [5.41, 5.74) is 2.81.